The van der Waals surface area contributed by atoms with Crippen LogP contribution in [-0.2, 0) is 9.47 Å². The van der Waals surface area contributed by atoms with Crippen LogP contribution in [-0.4, -0.2) is 27.4 Å². The van der Waals surface area contributed by atoms with Crippen LogP contribution in [0.5, 0.6) is 11.5 Å². The van der Waals surface area contributed by atoms with Crippen molar-refractivity contribution in [3.8, 4) is 11.5 Å². The summed E-state index contributed by atoms with van der Waals surface area (Å²) in [6.45, 7) is 4.97. The maximum absolute atomic E-state index is 6.05. The number of ether oxygens (including phenoxy) is 4. The molecule has 0 aliphatic carbocycles. The normalized spacial score (nSPS) is 11.7. The van der Waals surface area contributed by atoms with Crippen LogP contribution < -0.4 is 9.47 Å². The summed E-state index contributed by atoms with van der Waals surface area (Å²) in [6.07, 6.45) is 0. The van der Waals surface area contributed by atoms with Gasteiger partial charge in [0, 0.05) is 5.56 Å². The molecule has 0 spiro atoms. The Balaban J connectivity index is 2.41. The summed E-state index contributed by atoms with van der Waals surface area (Å²) in [4.78, 5) is 0. The van der Waals surface area contributed by atoms with Crippen LogP contribution in [0.25, 0.3) is 22.3 Å². The highest BCUT2D eigenvalue weighted by Crippen LogP contribution is 2.44. The van der Waals surface area contributed by atoms with Gasteiger partial charge in [-0.15, -0.1) is 0 Å². The molecule has 4 nitrogen and oxygen atoms in total. The molecule has 0 fully saturated rings. The number of methoxy groups -OCH3 is 2. The second kappa shape index (κ2) is 9.18. The molecule has 0 saturated carbocycles. The second-order valence-electron chi connectivity index (χ2n) is 6.10. The van der Waals surface area contributed by atoms with Gasteiger partial charge in [-0.05, 0) is 30.7 Å². The van der Waals surface area contributed by atoms with Crippen molar-refractivity contribution >= 4 is 22.3 Å². The monoisotopic (exact) mass is 378 g/mol. The quantitative estimate of drug-likeness (QED) is 0.369. The molecule has 146 valence electrons. The van der Waals surface area contributed by atoms with Gasteiger partial charge >= 0.3 is 0 Å². The Kier molecular flexibility index (Phi) is 6.43. The van der Waals surface area contributed by atoms with Crippen LogP contribution in [0, 0.1) is 0 Å². The molecule has 4 heteroatoms. The van der Waals surface area contributed by atoms with Crippen molar-refractivity contribution in [2.24, 2.45) is 0 Å². The van der Waals surface area contributed by atoms with Gasteiger partial charge in [0.2, 0.25) is 0 Å². The fourth-order valence-corrected chi connectivity index (χ4v) is 3.32. The highest BCUT2D eigenvalue weighted by atomic mass is 16.5. The van der Waals surface area contributed by atoms with E-state index in [2.05, 4.69) is 12.1 Å². The Morgan fingerprint density at radius 3 is 2.04 bits per heavy atom. The van der Waals surface area contributed by atoms with Crippen LogP contribution >= 0.6 is 0 Å². The molecule has 0 amide bonds. The summed E-state index contributed by atoms with van der Waals surface area (Å²) in [7, 11) is 3.30. The molecule has 0 bridgehead atoms. The molecule has 0 atom stereocenters. The number of hydrogen-bond acceptors (Lipinski definition) is 4. The molecule has 0 unspecified atom stereocenters. The van der Waals surface area contributed by atoms with Gasteiger partial charge in [0.15, 0.2) is 23.0 Å². The molecule has 0 aliphatic rings. The Morgan fingerprint density at radius 1 is 0.750 bits per heavy atom. The smallest absolute Gasteiger partial charge is 0.173 e. The molecule has 0 radical (unpaired) electrons. The maximum atomic E-state index is 6.05. The van der Waals surface area contributed by atoms with Gasteiger partial charge in [-0.2, -0.15) is 0 Å². The van der Waals surface area contributed by atoms with Gasteiger partial charge in [0.25, 0.3) is 0 Å². The third-order valence-electron chi connectivity index (χ3n) is 4.43. The van der Waals surface area contributed by atoms with Gasteiger partial charge in [-0.1, -0.05) is 54.6 Å². The molecule has 3 aromatic carbocycles. The first kappa shape index (κ1) is 19.6. The van der Waals surface area contributed by atoms with Gasteiger partial charge in [-0.3, -0.25) is 0 Å². The zero-order chi connectivity index (χ0) is 19.9. The van der Waals surface area contributed by atoms with Crippen molar-refractivity contribution in [3.05, 3.63) is 71.8 Å². The molecule has 0 heterocycles. The zero-order valence-corrected chi connectivity index (χ0v) is 16.8. The number of rotatable bonds is 8. The molecule has 0 N–H and O–H groups in total. The highest BCUT2D eigenvalue weighted by Gasteiger charge is 2.24. The summed E-state index contributed by atoms with van der Waals surface area (Å²) < 4.78 is 23.6. The third-order valence-corrected chi connectivity index (χ3v) is 4.43. The summed E-state index contributed by atoms with van der Waals surface area (Å²) in [5, 5.41) is 2.05. The predicted molar refractivity (Wildman–Crippen MR) is 114 cm³/mol. The van der Waals surface area contributed by atoms with E-state index in [9.17, 15) is 0 Å². The molecular formula is C24H26O4. The minimum absolute atomic E-state index is 0.510. The van der Waals surface area contributed by atoms with Crippen molar-refractivity contribution in [2.45, 2.75) is 13.8 Å². The molecule has 0 aromatic heterocycles. The van der Waals surface area contributed by atoms with Crippen molar-refractivity contribution in [3.63, 3.8) is 0 Å². The lowest BCUT2D eigenvalue weighted by atomic mass is 9.99. The van der Waals surface area contributed by atoms with Gasteiger partial charge in [-0.25, -0.2) is 0 Å². The Bertz CT molecular complexity index is 961. The molecule has 28 heavy (non-hydrogen) atoms. The standard InChI is InChI=1S/C24H26O4/c1-5-27-20-16-18-14-10-11-15-19(18)21(23(20)28-6-2)24(26-4)22(25-3)17-12-8-7-9-13-17/h7-16H,5-6H2,1-4H3/b24-22+. The van der Waals surface area contributed by atoms with Crippen LogP contribution in [0.1, 0.15) is 25.0 Å². The fourth-order valence-electron chi connectivity index (χ4n) is 3.32. The summed E-state index contributed by atoms with van der Waals surface area (Å²) in [6, 6.07) is 20.0. The van der Waals surface area contributed by atoms with E-state index in [4.69, 9.17) is 18.9 Å². The van der Waals surface area contributed by atoms with Crippen LogP contribution in [0.4, 0.5) is 0 Å². The van der Waals surface area contributed by atoms with Crippen LogP contribution in [0.3, 0.4) is 0 Å². The Hall–Kier alpha value is -3.14. The first-order valence-corrected chi connectivity index (χ1v) is 9.44. The Labute approximate surface area is 166 Å². The second-order valence-corrected chi connectivity index (χ2v) is 6.10. The van der Waals surface area contributed by atoms with Crippen molar-refractivity contribution in [1.29, 1.82) is 0 Å². The SMILES string of the molecule is CCOc1cc2ccccc2c(/C(OC)=C(\OC)c2ccccc2)c1OCC. The largest absolute Gasteiger partial charge is 0.492 e. The lowest BCUT2D eigenvalue weighted by Crippen LogP contribution is -2.05. The van der Waals surface area contributed by atoms with Gasteiger partial charge < -0.3 is 18.9 Å². The van der Waals surface area contributed by atoms with E-state index >= 15 is 0 Å². The van der Waals surface area contributed by atoms with Crippen molar-refractivity contribution in [1.82, 2.24) is 0 Å². The summed E-state index contributed by atoms with van der Waals surface area (Å²) >= 11 is 0. The molecule has 0 saturated heterocycles. The summed E-state index contributed by atoms with van der Waals surface area (Å²) in [5.41, 5.74) is 1.75. The number of fused-ring (bicyclic) bond motifs is 1. The maximum Gasteiger partial charge on any atom is 0.173 e. The number of benzene rings is 3. The van der Waals surface area contributed by atoms with E-state index in [-0.39, 0.29) is 0 Å². The number of hydrogen-bond donors (Lipinski definition) is 0. The van der Waals surface area contributed by atoms with E-state index in [1.54, 1.807) is 14.2 Å². The lowest BCUT2D eigenvalue weighted by molar-refractivity contribution is 0.283. The predicted octanol–water partition coefficient (Wildman–Crippen LogP) is 5.76. The highest BCUT2D eigenvalue weighted by molar-refractivity contribution is 6.01. The van der Waals surface area contributed by atoms with Gasteiger partial charge in [0.1, 0.15) is 0 Å². The lowest BCUT2D eigenvalue weighted by Gasteiger charge is -2.21. The Morgan fingerprint density at radius 2 is 1.39 bits per heavy atom. The van der Waals surface area contributed by atoms with E-state index in [0.717, 1.165) is 21.9 Å². The van der Waals surface area contributed by atoms with Gasteiger partial charge in [0.05, 0.1) is 33.0 Å². The fraction of sp³-hybridized carbons (Fsp3) is 0.250. The van der Waals surface area contributed by atoms with E-state index in [1.807, 2.05) is 62.4 Å². The first-order chi connectivity index (χ1) is 13.7. The van der Waals surface area contributed by atoms with E-state index in [1.165, 1.54) is 0 Å². The third kappa shape index (κ3) is 3.77. The van der Waals surface area contributed by atoms with Crippen LogP contribution in [0.15, 0.2) is 60.7 Å². The topological polar surface area (TPSA) is 36.9 Å². The molecule has 3 rings (SSSR count). The molecular weight excluding hydrogens is 352 g/mol. The van der Waals surface area contributed by atoms with E-state index in [0.29, 0.717) is 36.2 Å². The first-order valence-electron chi connectivity index (χ1n) is 9.44. The van der Waals surface area contributed by atoms with E-state index < -0.39 is 0 Å². The van der Waals surface area contributed by atoms with Crippen molar-refractivity contribution < 1.29 is 18.9 Å². The zero-order valence-electron chi connectivity index (χ0n) is 16.8. The summed E-state index contributed by atoms with van der Waals surface area (Å²) in [5.74, 6) is 2.60. The van der Waals surface area contributed by atoms with Crippen LogP contribution in [0.2, 0.25) is 0 Å². The average Bonchev–Trinajstić information content (AvgIpc) is 2.74. The average molecular weight is 378 g/mol. The minimum atomic E-state index is 0.510. The molecule has 0 aliphatic heterocycles. The molecule has 3 aromatic rings. The minimum Gasteiger partial charge on any atom is -0.492 e. The van der Waals surface area contributed by atoms with Crippen molar-refractivity contribution in [2.75, 3.05) is 27.4 Å².